The van der Waals surface area contributed by atoms with Gasteiger partial charge in [0, 0.05) is 27.9 Å². The fourth-order valence-corrected chi connectivity index (χ4v) is 4.13. The predicted molar refractivity (Wildman–Crippen MR) is 127 cm³/mol. The molecule has 1 heterocycles. The summed E-state index contributed by atoms with van der Waals surface area (Å²) in [6.45, 7) is 3.71. The fourth-order valence-electron chi connectivity index (χ4n) is 3.86. The maximum Gasteiger partial charge on any atom is 0.332 e. The Kier molecular flexibility index (Phi) is 7.91. The Morgan fingerprint density at radius 2 is 1.73 bits per heavy atom. The number of hydrogen-bond acceptors (Lipinski definition) is 7. The second-order valence-corrected chi connectivity index (χ2v) is 8.08. The van der Waals surface area contributed by atoms with Gasteiger partial charge in [-0.15, -0.1) is 0 Å². The summed E-state index contributed by atoms with van der Waals surface area (Å²) in [6.07, 6.45) is 1.25. The molecule has 2 aromatic rings. The third-order valence-corrected chi connectivity index (χ3v) is 5.72. The van der Waals surface area contributed by atoms with E-state index in [4.69, 9.17) is 15.2 Å². The molecule has 1 aliphatic heterocycles. The molecule has 0 aromatic heterocycles. The minimum Gasteiger partial charge on any atom is -0.465 e. The largest absolute Gasteiger partial charge is 0.465 e. The van der Waals surface area contributed by atoms with E-state index in [9.17, 15) is 14.9 Å². The number of ether oxygens (including phenoxy) is 2. The molecule has 8 heteroatoms. The van der Waals surface area contributed by atoms with E-state index in [-0.39, 0.29) is 30.3 Å². The summed E-state index contributed by atoms with van der Waals surface area (Å²) in [4.78, 5) is 27.4. The molecular weight excluding hydrogens is 486 g/mol. The Bertz CT molecular complexity index is 1120. The van der Waals surface area contributed by atoms with Crippen LogP contribution in [0, 0.1) is 17.2 Å². The zero-order valence-corrected chi connectivity index (χ0v) is 19.9. The number of nitriles is 1. The van der Waals surface area contributed by atoms with Crippen molar-refractivity contribution < 1.29 is 19.1 Å². The van der Waals surface area contributed by atoms with Crippen LogP contribution in [0.3, 0.4) is 0 Å². The smallest absolute Gasteiger partial charge is 0.332 e. The van der Waals surface area contributed by atoms with Crippen LogP contribution in [-0.4, -0.2) is 25.2 Å². The van der Waals surface area contributed by atoms with Gasteiger partial charge in [-0.05, 0) is 43.7 Å². The summed E-state index contributed by atoms with van der Waals surface area (Å²) in [7, 11) is 0. The van der Waals surface area contributed by atoms with Gasteiger partial charge in [-0.2, -0.15) is 5.26 Å². The monoisotopic (exact) mass is 509 g/mol. The molecule has 2 atom stereocenters. The van der Waals surface area contributed by atoms with Gasteiger partial charge >= 0.3 is 11.9 Å². The van der Waals surface area contributed by atoms with Gasteiger partial charge in [0.05, 0.1) is 24.9 Å². The normalized spacial score (nSPS) is 19.2. The van der Waals surface area contributed by atoms with Gasteiger partial charge in [0.1, 0.15) is 11.7 Å². The van der Waals surface area contributed by atoms with Gasteiger partial charge < -0.3 is 15.2 Å². The molecule has 0 aliphatic carbocycles. The topological polar surface area (TPSA) is 106 Å². The number of carbonyl (C=O) groups excluding carboxylic acids is 2. The highest BCUT2D eigenvalue weighted by Gasteiger charge is 2.45. The van der Waals surface area contributed by atoms with Crippen LogP contribution in [0.15, 0.2) is 82.2 Å². The number of benzene rings is 2. The molecule has 0 saturated carbocycles. The highest BCUT2D eigenvalue weighted by Crippen LogP contribution is 2.46. The van der Waals surface area contributed by atoms with Crippen molar-refractivity contribution in [3.8, 4) is 6.07 Å². The average Bonchev–Trinajstić information content (AvgIpc) is 2.80. The molecule has 33 heavy (non-hydrogen) atoms. The first-order valence-corrected chi connectivity index (χ1v) is 11.3. The van der Waals surface area contributed by atoms with Crippen molar-refractivity contribution in [1.29, 1.82) is 5.26 Å². The lowest BCUT2D eigenvalue weighted by molar-refractivity contribution is -0.147. The Balaban J connectivity index is 2.34. The number of carbonyl (C=O) groups is 2. The van der Waals surface area contributed by atoms with E-state index in [0.717, 1.165) is 4.47 Å². The first-order chi connectivity index (χ1) is 15.9. The standard InChI is InChI=1S/C25H24BrN3O4/c1-3-32-21(30)14-20-23(25(31)33-4-2)22(16-10-12-17(26)13-11-16)19(15-27)24(28)29(20)18-8-6-5-7-9-18/h5-14,22-23H,3-4,28H2,1-2H3/b20-14+/t22-,23-/m0/s1. The summed E-state index contributed by atoms with van der Waals surface area (Å²) in [5.41, 5.74) is 8.31. The number of esters is 2. The fraction of sp³-hybridized carbons (Fsp3) is 0.240. The zero-order valence-electron chi connectivity index (χ0n) is 18.3. The first-order valence-electron chi connectivity index (χ1n) is 10.5. The average molecular weight is 510 g/mol. The zero-order chi connectivity index (χ0) is 24.0. The van der Waals surface area contributed by atoms with Crippen LogP contribution < -0.4 is 10.6 Å². The van der Waals surface area contributed by atoms with Crippen LogP contribution in [0.4, 0.5) is 5.69 Å². The molecule has 2 N–H and O–H groups in total. The van der Waals surface area contributed by atoms with Crippen molar-refractivity contribution in [3.05, 3.63) is 87.8 Å². The number of allylic oxidation sites excluding steroid dienone is 1. The van der Waals surface area contributed by atoms with E-state index in [0.29, 0.717) is 11.3 Å². The Hall–Kier alpha value is -3.57. The van der Waals surface area contributed by atoms with Crippen molar-refractivity contribution in [1.82, 2.24) is 0 Å². The maximum atomic E-state index is 13.3. The molecule has 0 amide bonds. The molecule has 1 aliphatic rings. The van der Waals surface area contributed by atoms with Crippen LogP contribution in [-0.2, 0) is 19.1 Å². The number of anilines is 1. The summed E-state index contributed by atoms with van der Waals surface area (Å²) in [5.74, 6) is -2.80. The number of halogens is 1. The van der Waals surface area contributed by atoms with Gasteiger partial charge in [0.25, 0.3) is 0 Å². The molecule has 0 spiro atoms. The van der Waals surface area contributed by atoms with Gasteiger partial charge in [0.2, 0.25) is 0 Å². The molecule has 7 nitrogen and oxygen atoms in total. The molecule has 0 bridgehead atoms. The molecule has 2 aromatic carbocycles. The summed E-state index contributed by atoms with van der Waals surface area (Å²) < 4.78 is 11.4. The minimum absolute atomic E-state index is 0.132. The van der Waals surface area contributed by atoms with Crippen molar-refractivity contribution in [2.75, 3.05) is 18.1 Å². The van der Waals surface area contributed by atoms with E-state index < -0.39 is 23.8 Å². The molecule has 0 fully saturated rings. The number of nitrogens with two attached hydrogens (primary N) is 1. The van der Waals surface area contributed by atoms with Crippen molar-refractivity contribution in [3.63, 3.8) is 0 Å². The maximum absolute atomic E-state index is 13.3. The van der Waals surface area contributed by atoms with Crippen molar-refractivity contribution in [2.24, 2.45) is 11.7 Å². The predicted octanol–water partition coefficient (Wildman–Crippen LogP) is 4.37. The molecule has 0 saturated heterocycles. The molecule has 0 unspecified atom stereocenters. The quantitative estimate of drug-likeness (QED) is 0.454. The van der Waals surface area contributed by atoms with Crippen LogP contribution in [0.25, 0.3) is 0 Å². The number of nitrogens with zero attached hydrogens (tertiary/aromatic N) is 2. The Labute approximate surface area is 201 Å². The number of rotatable bonds is 6. The van der Waals surface area contributed by atoms with Crippen LogP contribution in [0.1, 0.15) is 25.3 Å². The van der Waals surface area contributed by atoms with E-state index in [1.807, 2.05) is 30.3 Å². The highest BCUT2D eigenvalue weighted by atomic mass is 79.9. The van der Waals surface area contributed by atoms with Crippen LogP contribution in [0.2, 0.25) is 0 Å². The van der Waals surface area contributed by atoms with Gasteiger partial charge in [-0.1, -0.05) is 46.3 Å². The first kappa shape index (κ1) is 24.1. The van der Waals surface area contributed by atoms with E-state index >= 15 is 0 Å². The summed E-state index contributed by atoms with van der Waals surface area (Å²) in [5, 5.41) is 10.1. The molecule has 3 rings (SSSR count). The summed E-state index contributed by atoms with van der Waals surface area (Å²) in [6, 6.07) is 18.5. The lowest BCUT2D eigenvalue weighted by atomic mass is 9.75. The second-order valence-electron chi connectivity index (χ2n) is 7.16. The third kappa shape index (κ3) is 5.10. The Morgan fingerprint density at radius 3 is 2.30 bits per heavy atom. The third-order valence-electron chi connectivity index (χ3n) is 5.19. The van der Waals surface area contributed by atoms with Crippen molar-refractivity contribution in [2.45, 2.75) is 19.8 Å². The van der Waals surface area contributed by atoms with E-state index in [1.165, 1.54) is 6.08 Å². The second kappa shape index (κ2) is 10.8. The van der Waals surface area contributed by atoms with Gasteiger partial charge in [0.15, 0.2) is 0 Å². The lowest BCUT2D eigenvalue weighted by Crippen LogP contribution is -2.43. The van der Waals surface area contributed by atoms with E-state index in [2.05, 4.69) is 22.0 Å². The van der Waals surface area contributed by atoms with Gasteiger partial charge in [-0.3, -0.25) is 9.69 Å². The van der Waals surface area contributed by atoms with Crippen LogP contribution >= 0.6 is 15.9 Å². The highest BCUT2D eigenvalue weighted by molar-refractivity contribution is 9.10. The molecular formula is C25H24BrN3O4. The lowest BCUT2D eigenvalue weighted by Gasteiger charge is -2.40. The van der Waals surface area contributed by atoms with E-state index in [1.54, 1.807) is 43.0 Å². The number of hydrogen-bond donors (Lipinski definition) is 1. The minimum atomic E-state index is -1.00. The summed E-state index contributed by atoms with van der Waals surface area (Å²) >= 11 is 3.41. The number of para-hydroxylation sites is 1. The molecule has 0 radical (unpaired) electrons. The Morgan fingerprint density at radius 1 is 1.09 bits per heavy atom. The molecule has 170 valence electrons. The SMILES string of the molecule is CCOC(=O)/C=C1\[C@H](C(=O)OCC)[C@@H](c2ccc(Br)cc2)C(C#N)=C(N)N1c1ccccc1. The van der Waals surface area contributed by atoms with Crippen molar-refractivity contribution >= 4 is 33.6 Å². The van der Waals surface area contributed by atoms with Gasteiger partial charge in [-0.25, -0.2) is 4.79 Å². The van der Waals surface area contributed by atoms with Crippen LogP contribution in [0.5, 0.6) is 0 Å².